The van der Waals surface area contributed by atoms with Gasteiger partial charge in [0.15, 0.2) is 0 Å². The first-order valence-corrected chi connectivity index (χ1v) is 14.7. The van der Waals surface area contributed by atoms with E-state index in [0.717, 1.165) is 0 Å². The fourth-order valence-electron chi connectivity index (χ4n) is 4.68. The molecule has 0 saturated carbocycles. The van der Waals surface area contributed by atoms with E-state index in [4.69, 9.17) is 8.92 Å². The van der Waals surface area contributed by atoms with Crippen LogP contribution in [0, 0.1) is 0 Å². The van der Waals surface area contributed by atoms with Gasteiger partial charge < -0.3 is 18.7 Å². The maximum absolute atomic E-state index is 13.1. The fraction of sp³-hybridized carbons (Fsp3) is 0.310. The number of piperazine rings is 1. The number of aromatic nitrogens is 3. The van der Waals surface area contributed by atoms with E-state index < -0.39 is 33.1 Å². The second-order valence-electron chi connectivity index (χ2n) is 10.9. The van der Waals surface area contributed by atoms with E-state index in [1.807, 2.05) is 4.90 Å². The molecule has 1 saturated heterocycles. The summed E-state index contributed by atoms with van der Waals surface area (Å²) < 4.78 is 38.4. The molecule has 42 heavy (non-hydrogen) atoms. The van der Waals surface area contributed by atoms with Gasteiger partial charge in [-0.3, -0.25) is 19.3 Å². The first kappa shape index (κ1) is 28.9. The van der Waals surface area contributed by atoms with Crippen LogP contribution < -0.4 is 20.3 Å². The van der Waals surface area contributed by atoms with Crippen LogP contribution in [0.2, 0.25) is 0 Å². The maximum Gasteiger partial charge on any atom is 0.410 e. The number of rotatable bonds is 6. The molecule has 2 aromatic carbocycles. The molecule has 220 valence electrons. The minimum absolute atomic E-state index is 0.0303. The Hall–Kier alpha value is -4.65. The predicted octanol–water partition coefficient (Wildman–Crippen LogP) is 2.96. The third kappa shape index (κ3) is 6.46. The van der Waals surface area contributed by atoms with Crippen LogP contribution >= 0.6 is 0 Å². The largest absolute Gasteiger partial charge is 0.444 e. The molecule has 0 aliphatic carbocycles. The first-order valence-electron chi connectivity index (χ1n) is 13.3. The number of pyridine rings is 1. The fourth-order valence-corrected chi connectivity index (χ4v) is 5.84. The highest BCUT2D eigenvalue weighted by atomic mass is 32.2. The molecular weight excluding hydrogens is 562 g/mol. The van der Waals surface area contributed by atoms with Gasteiger partial charge in [0.1, 0.15) is 22.1 Å². The Morgan fingerprint density at radius 1 is 1.00 bits per heavy atom. The van der Waals surface area contributed by atoms with Crippen LogP contribution in [0.1, 0.15) is 26.3 Å². The highest BCUT2D eigenvalue weighted by Crippen LogP contribution is 2.26. The van der Waals surface area contributed by atoms with Crippen molar-refractivity contribution >= 4 is 32.8 Å². The highest BCUT2D eigenvalue weighted by Gasteiger charge is 2.27. The SMILES string of the molecule is CC(C)(C)OC(=O)N1CCN(c2cc(=O)[nH]c(=O)n2Cc2ccc(OS(=O)(=O)c3cccc4cnccc34)cc2)CC1. The number of carbonyl (C=O) groups is 1. The van der Waals surface area contributed by atoms with Crippen molar-refractivity contribution in [1.29, 1.82) is 0 Å². The lowest BCUT2D eigenvalue weighted by Crippen LogP contribution is -2.51. The van der Waals surface area contributed by atoms with E-state index in [1.54, 1.807) is 62.2 Å². The normalized spacial score (nSPS) is 14.2. The number of hydrogen-bond acceptors (Lipinski definition) is 9. The summed E-state index contributed by atoms with van der Waals surface area (Å²) in [6, 6.07) is 14.2. The average molecular weight is 594 g/mol. The van der Waals surface area contributed by atoms with E-state index in [-0.39, 0.29) is 17.2 Å². The van der Waals surface area contributed by atoms with Crippen molar-refractivity contribution in [2.75, 3.05) is 31.1 Å². The summed E-state index contributed by atoms with van der Waals surface area (Å²) in [5.74, 6) is 0.526. The van der Waals surface area contributed by atoms with E-state index in [2.05, 4.69) is 9.97 Å². The van der Waals surface area contributed by atoms with Gasteiger partial charge in [0.25, 0.3) is 5.56 Å². The monoisotopic (exact) mass is 593 g/mol. The van der Waals surface area contributed by atoms with E-state index >= 15 is 0 Å². The Labute approximate surface area is 242 Å². The predicted molar refractivity (Wildman–Crippen MR) is 156 cm³/mol. The van der Waals surface area contributed by atoms with Gasteiger partial charge in [-0.25, -0.2) is 9.59 Å². The molecule has 0 radical (unpaired) electrons. The lowest BCUT2D eigenvalue weighted by atomic mass is 10.2. The Balaban J connectivity index is 1.32. The quantitative estimate of drug-likeness (QED) is 0.334. The molecule has 13 heteroatoms. The molecule has 3 heterocycles. The molecule has 1 aliphatic heterocycles. The number of anilines is 1. The van der Waals surface area contributed by atoms with Crippen molar-refractivity contribution in [1.82, 2.24) is 19.4 Å². The highest BCUT2D eigenvalue weighted by molar-refractivity contribution is 7.87. The Kier molecular flexibility index (Phi) is 7.78. The Bertz CT molecular complexity index is 1830. The smallest absolute Gasteiger partial charge is 0.410 e. The van der Waals surface area contributed by atoms with Crippen LogP contribution in [-0.2, 0) is 21.4 Å². The van der Waals surface area contributed by atoms with Gasteiger partial charge in [0.05, 0.1) is 6.54 Å². The molecule has 12 nitrogen and oxygen atoms in total. The van der Waals surface area contributed by atoms with Gasteiger partial charge in [0, 0.05) is 55.4 Å². The number of amides is 1. The minimum atomic E-state index is -4.13. The Morgan fingerprint density at radius 3 is 2.40 bits per heavy atom. The number of nitrogens with zero attached hydrogens (tertiary/aromatic N) is 4. The van der Waals surface area contributed by atoms with Crippen LogP contribution in [-0.4, -0.2) is 65.7 Å². The van der Waals surface area contributed by atoms with E-state index in [0.29, 0.717) is 48.3 Å². The number of nitrogens with one attached hydrogen (secondary N) is 1. The number of hydrogen-bond donors (Lipinski definition) is 1. The third-order valence-corrected chi connectivity index (χ3v) is 7.95. The molecule has 1 aliphatic rings. The molecule has 0 bridgehead atoms. The summed E-state index contributed by atoms with van der Waals surface area (Å²) >= 11 is 0. The summed E-state index contributed by atoms with van der Waals surface area (Å²) in [4.78, 5) is 47.3. The van der Waals surface area contributed by atoms with Crippen LogP contribution in [0.3, 0.4) is 0 Å². The number of H-pyrrole nitrogens is 1. The third-order valence-electron chi connectivity index (χ3n) is 6.65. The van der Waals surface area contributed by atoms with Gasteiger partial charge in [-0.15, -0.1) is 0 Å². The number of aromatic amines is 1. The van der Waals surface area contributed by atoms with Gasteiger partial charge in [0.2, 0.25) is 0 Å². The van der Waals surface area contributed by atoms with E-state index in [9.17, 15) is 22.8 Å². The molecule has 5 rings (SSSR count). The minimum Gasteiger partial charge on any atom is -0.444 e. The van der Waals surface area contributed by atoms with Crippen molar-refractivity contribution in [3.8, 4) is 5.75 Å². The molecule has 2 aromatic heterocycles. The zero-order valence-electron chi connectivity index (χ0n) is 23.4. The molecule has 1 fully saturated rings. The number of ether oxygens (including phenoxy) is 1. The maximum atomic E-state index is 13.1. The molecule has 0 atom stereocenters. The summed E-state index contributed by atoms with van der Waals surface area (Å²) in [5.41, 5.74) is -1.04. The second kappa shape index (κ2) is 11.3. The van der Waals surface area contributed by atoms with Gasteiger partial charge >= 0.3 is 21.9 Å². The van der Waals surface area contributed by atoms with Crippen LogP contribution in [0.5, 0.6) is 5.75 Å². The molecule has 0 spiro atoms. The van der Waals surface area contributed by atoms with Crippen LogP contribution in [0.4, 0.5) is 10.6 Å². The summed E-state index contributed by atoms with van der Waals surface area (Å²) in [6.45, 7) is 7.05. The molecule has 1 amide bonds. The average Bonchev–Trinajstić information content (AvgIpc) is 2.94. The second-order valence-corrected chi connectivity index (χ2v) is 12.4. The topological polar surface area (TPSA) is 144 Å². The van der Waals surface area contributed by atoms with Gasteiger partial charge in [-0.2, -0.15) is 8.42 Å². The van der Waals surface area contributed by atoms with Crippen LogP contribution in [0.15, 0.2) is 81.5 Å². The summed E-state index contributed by atoms with van der Waals surface area (Å²) in [7, 11) is -4.13. The summed E-state index contributed by atoms with van der Waals surface area (Å²) in [5, 5.41) is 1.17. The zero-order valence-corrected chi connectivity index (χ0v) is 24.3. The molecule has 1 N–H and O–H groups in total. The zero-order chi connectivity index (χ0) is 30.1. The van der Waals surface area contributed by atoms with Gasteiger partial charge in [-0.05, 0) is 50.6 Å². The number of fused-ring (bicyclic) bond motifs is 1. The summed E-state index contributed by atoms with van der Waals surface area (Å²) in [6.07, 6.45) is 2.69. The van der Waals surface area contributed by atoms with Crippen molar-refractivity contribution < 1.29 is 22.1 Å². The lowest BCUT2D eigenvalue weighted by Gasteiger charge is -2.37. The molecule has 0 unspecified atom stereocenters. The van der Waals surface area contributed by atoms with Crippen LogP contribution in [0.25, 0.3) is 10.8 Å². The number of carbonyl (C=O) groups excluding carboxylic acids is 1. The number of benzene rings is 2. The lowest BCUT2D eigenvalue weighted by molar-refractivity contribution is 0.0240. The van der Waals surface area contributed by atoms with Crippen molar-refractivity contribution in [3.05, 3.63) is 93.4 Å². The molecular formula is C29H31N5O7S. The first-order chi connectivity index (χ1) is 19.9. The van der Waals surface area contributed by atoms with Crippen molar-refractivity contribution in [2.45, 2.75) is 37.8 Å². The molecule has 4 aromatic rings. The van der Waals surface area contributed by atoms with E-state index in [1.165, 1.54) is 35.0 Å². The standard InChI is InChI=1S/C29H31N5O7S/c1-29(2,3)40-28(37)33-15-13-32(14-16-33)26-17-25(35)31-27(36)34(26)19-20-7-9-22(10-8-20)41-42(38,39)24-6-4-5-21-18-30-12-11-23(21)24/h4-12,17-18H,13-16,19H2,1-3H3,(H,31,35,36). The van der Waals surface area contributed by atoms with Crippen molar-refractivity contribution in [3.63, 3.8) is 0 Å². The Morgan fingerprint density at radius 2 is 1.71 bits per heavy atom. The van der Waals surface area contributed by atoms with Crippen molar-refractivity contribution in [2.24, 2.45) is 0 Å². The van der Waals surface area contributed by atoms with Gasteiger partial charge in [-0.1, -0.05) is 24.3 Å².